The van der Waals surface area contributed by atoms with Crippen molar-refractivity contribution < 1.29 is 19.1 Å². The van der Waals surface area contributed by atoms with Crippen LogP contribution in [0.3, 0.4) is 0 Å². The van der Waals surface area contributed by atoms with Gasteiger partial charge in [-0.3, -0.25) is 14.4 Å². The maximum Gasteiger partial charge on any atom is 0.313 e. The first-order valence-electron chi connectivity index (χ1n) is 8.54. The van der Waals surface area contributed by atoms with Gasteiger partial charge in [-0.1, -0.05) is 18.7 Å². The van der Waals surface area contributed by atoms with E-state index in [-0.39, 0.29) is 29.8 Å². The maximum absolute atomic E-state index is 12.3. The van der Waals surface area contributed by atoms with Crippen molar-refractivity contribution in [1.29, 1.82) is 0 Å². The summed E-state index contributed by atoms with van der Waals surface area (Å²) in [6.07, 6.45) is 0.434. The van der Waals surface area contributed by atoms with Crippen molar-refractivity contribution in [3.05, 3.63) is 35.7 Å². The number of carbonyl (C=O) groups is 3. The minimum atomic E-state index is -0.365. The number of ketones is 1. The van der Waals surface area contributed by atoms with Gasteiger partial charge in [-0.15, -0.1) is 10.2 Å². The Morgan fingerprint density at radius 3 is 2.48 bits per heavy atom. The maximum atomic E-state index is 12.3. The highest BCUT2D eigenvalue weighted by atomic mass is 32.2. The fourth-order valence-electron chi connectivity index (χ4n) is 2.17. The van der Waals surface area contributed by atoms with Crippen LogP contribution in [0.2, 0.25) is 0 Å². The van der Waals surface area contributed by atoms with Gasteiger partial charge in [0.15, 0.2) is 10.9 Å². The number of rotatable bonds is 9. The highest BCUT2D eigenvalue weighted by molar-refractivity contribution is 7.99. The van der Waals surface area contributed by atoms with Crippen LogP contribution in [0.4, 0.5) is 5.69 Å². The van der Waals surface area contributed by atoms with E-state index >= 15 is 0 Å². The summed E-state index contributed by atoms with van der Waals surface area (Å²) in [5, 5.41) is 11.3. The Morgan fingerprint density at radius 2 is 1.85 bits per heavy atom. The summed E-state index contributed by atoms with van der Waals surface area (Å²) in [7, 11) is 1.74. The van der Waals surface area contributed by atoms with Gasteiger partial charge in [0.1, 0.15) is 12.2 Å². The molecule has 1 aromatic carbocycles. The number of nitrogens with one attached hydrogen (secondary N) is 1. The molecule has 0 bridgehead atoms. The van der Waals surface area contributed by atoms with E-state index in [1.807, 2.05) is 0 Å². The molecule has 0 fully saturated rings. The second-order valence-electron chi connectivity index (χ2n) is 5.63. The number of ether oxygens (including phenoxy) is 1. The zero-order valence-corrected chi connectivity index (χ0v) is 16.3. The van der Waals surface area contributed by atoms with E-state index in [1.54, 1.807) is 49.7 Å². The highest BCUT2D eigenvalue weighted by Crippen LogP contribution is 2.19. The smallest absolute Gasteiger partial charge is 0.313 e. The Bertz CT molecular complexity index is 817. The van der Waals surface area contributed by atoms with Crippen molar-refractivity contribution in [2.75, 3.05) is 17.7 Å². The molecule has 8 nitrogen and oxygen atoms in total. The van der Waals surface area contributed by atoms with Crippen molar-refractivity contribution in [2.45, 2.75) is 31.8 Å². The Balaban J connectivity index is 1.92. The SMILES string of the molecule is CCOC(=O)Cc1nnc(SCC(=O)c2ccc(NC(=O)CC)cc2)n1C. The van der Waals surface area contributed by atoms with Gasteiger partial charge >= 0.3 is 5.97 Å². The second kappa shape index (κ2) is 9.86. The number of hydrogen-bond acceptors (Lipinski definition) is 7. The quantitative estimate of drug-likeness (QED) is 0.398. The van der Waals surface area contributed by atoms with Crippen LogP contribution in [-0.2, 0) is 27.8 Å². The minimum absolute atomic E-state index is 0.0385. The van der Waals surface area contributed by atoms with Crippen LogP contribution >= 0.6 is 11.8 Å². The van der Waals surface area contributed by atoms with E-state index in [4.69, 9.17) is 4.74 Å². The molecule has 0 spiro atoms. The van der Waals surface area contributed by atoms with Gasteiger partial charge in [0, 0.05) is 24.7 Å². The third-order valence-electron chi connectivity index (χ3n) is 3.68. The summed E-state index contributed by atoms with van der Waals surface area (Å²) >= 11 is 1.25. The Kier molecular flexibility index (Phi) is 7.54. The molecule has 0 unspecified atom stereocenters. The molecule has 0 saturated carbocycles. The lowest BCUT2D eigenvalue weighted by Gasteiger charge is -2.06. The molecule has 0 aliphatic heterocycles. The number of benzene rings is 1. The fraction of sp³-hybridized carbons (Fsp3) is 0.389. The van der Waals surface area contributed by atoms with E-state index in [2.05, 4.69) is 15.5 Å². The number of nitrogens with zero attached hydrogens (tertiary/aromatic N) is 3. The molecule has 1 amide bonds. The van der Waals surface area contributed by atoms with Crippen LogP contribution in [0.15, 0.2) is 29.4 Å². The Labute approximate surface area is 161 Å². The molecule has 0 aliphatic rings. The molecule has 1 aromatic heterocycles. The topological polar surface area (TPSA) is 103 Å². The molecule has 0 atom stereocenters. The molecular formula is C18H22N4O4S. The van der Waals surface area contributed by atoms with E-state index < -0.39 is 0 Å². The summed E-state index contributed by atoms with van der Waals surface area (Å²) in [5.74, 6) is 0.163. The summed E-state index contributed by atoms with van der Waals surface area (Å²) in [5.41, 5.74) is 1.20. The number of aromatic nitrogens is 3. The molecule has 144 valence electrons. The number of amides is 1. The van der Waals surface area contributed by atoms with Crippen LogP contribution in [-0.4, -0.2) is 44.8 Å². The molecule has 9 heteroatoms. The van der Waals surface area contributed by atoms with Gasteiger partial charge in [-0.25, -0.2) is 0 Å². The predicted octanol–water partition coefficient (Wildman–Crippen LogP) is 2.24. The lowest BCUT2D eigenvalue weighted by atomic mass is 10.1. The lowest BCUT2D eigenvalue weighted by molar-refractivity contribution is -0.142. The monoisotopic (exact) mass is 390 g/mol. The van der Waals surface area contributed by atoms with Gasteiger partial charge in [0.25, 0.3) is 0 Å². The number of Topliss-reactive ketones (excluding diaryl/α,β-unsaturated/α-hetero) is 1. The standard InChI is InChI=1S/C18H22N4O4S/c1-4-16(24)19-13-8-6-12(7-9-13)14(23)11-27-18-21-20-15(22(18)3)10-17(25)26-5-2/h6-9H,4-5,10-11H2,1-3H3,(H,19,24). The number of hydrogen-bond donors (Lipinski definition) is 1. The summed E-state index contributed by atoms with van der Waals surface area (Å²) in [6.45, 7) is 3.83. The normalized spacial score (nSPS) is 10.5. The zero-order chi connectivity index (χ0) is 19.8. The molecule has 2 rings (SSSR count). The van der Waals surface area contributed by atoms with Crippen LogP contribution in [0.25, 0.3) is 0 Å². The van der Waals surface area contributed by atoms with Gasteiger partial charge in [-0.2, -0.15) is 0 Å². The van der Waals surface area contributed by atoms with E-state index in [0.29, 0.717) is 35.3 Å². The predicted molar refractivity (Wildman–Crippen MR) is 102 cm³/mol. The molecule has 1 N–H and O–H groups in total. The average Bonchev–Trinajstić information content (AvgIpc) is 3.00. The van der Waals surface area contributed by atoms with Crippen LogP contribution in [0, 0.1) is 0 Å². The number of carbonyl (C=O) groups excluding carboxylic acids is 3. The highest BCUT2D eigenvalue weighted by Gasteiger charge is 2.15. The molecule has 1 heterocycles. The Morgan fingerprint density at radius 1 is 1.15 bits per heavy atom. The van der Waals surface area contributed by atoms with Crippen LogP contribution in [0.1, 0.15) is 36.5 Å². The van der Waals surface area contributed by atoms with Gasteiger partial charge < -0.3 is 14.6 Å². The first kappa shape index (κ1) is 20.6. The van der Waals surface area contributed by atoms with E-state index in [9.17, 15) is 14.4 Å². The van der Waals surface area contributed by atoms with Crippen LogP contribution < -0.4 is 5.32 Å². The zero-order valence-electron chi connectivity index (χ0n) is 15.5. The fourth-order valence-corrected chi connectivity index (χ4v) is 2.99. The lowest BCUT2D eigenvalue weighted by Crippen LogP contribution is -2.12. The molecule has 0 aliphatic carbocycles. The van der Waals surface area contributed by atoms with E-state index in [1.165, 1.54) is 11.8 Å². The van der Waals surface area contributed by atoms with Crippen LogP contribution in [0.5, 0.6) is 0 Å². The van der Waals surface area contributed by atoms with E-state index in [0.717, 1.165) is 0 Å². The van der Waals surface area contributed by atoms with Gasteiger partial charge in [0.05, 0.1) is 12.4 Å². The first-order chi connectivity index (χ1) is 12.9. The largest absolute Gasteiger partial charge is 0.466 e. The average molecular weight is 390 g/mol. The van der Waals surface area contributed by atoms with Crippen molar-refractivity contribution in [3.63, 3.8) is 0 Å². The molecule has 0 saturated heterocycles. The number of thioether (sulfide) groups is 1. The number of anilines is 1. The Hall–Kier alpha value is -2.68. The second-order valence-corrected chi connectivity index (χ2v) is 6.57. The molecule has 27 heavy (non-hydrogen) atoms. The minimum Gasteiger partial charge on any atom is -0.466 e. The third-order valence-corrected chi connectivity index (χ3v) is 4.70. The number of esters is 1. The van der Waals surface area contributed by atoms with Crippen molar-refractivity contribution in [2.24, 2.45) is 7.05 Å². The summed E-state index contributed by atoms with van der Waals surface area (Å²) < 4.78 is 6.58. The van der Waals surface area contributed by atoms with Gasteiger partial charge in [0.2, 0.25) is 5.91 Å². The summed E-state index contributed by atoms with van der Waals surface area (Å²) in [6, 6.07) is 6.75. The van der Waals surface area contributed by atoms with Gasteiger partial charge in [-0.05, 0) is 31.2 Å². The molecular weight excluding hydrogens is 368 g/mol. The van der Waals surface area contributed by atoms with Crippen molar-refractivity contribution >= 4 is 35.1 Å². The first-order valence-corrected chi connectivity index (χ1v) is 9.53. The molecule has 2 aromatic rings. The van der Waals surface area contributed by atoms with Crippen molar-refractivity contribution in [3.8, 4) is 0 Å². The summed E-state index contributed by atoms with van der Waals surface area (Å²) in [4.78, 5) is 35.3. The molecule has 0 radical (unpaired) electrons. The van der Waals surface area contributed by atoms with Crippen molar-refractivity contribution in [1.82, 2.24) is 14.8 Å². The third kappa shape index (κ3) is 5.92.